The maximum Gasteiger partial charge on any atom is 0.417 e. The Bertz CT molecular complexity index is 741. The number of amides is 1. The number of pyridine rings is 1. The van der Waals surface area contributed by atoms with Crippen LogP contribution in [-0.2, 0) is 15.8 Å². The molecule has 1 N–H and O–H groups in total. The molecular weight excluding hydrogens is 383 g/mol. The van der Waals surface area contributed by atoms with Gasteiger partial charge in [0.1, 0.15) is 11.6 Å². The second-order valence-corrected chi connectivity index (χ2v) is 8.57. The van der Waals surface area contributed by atoms with E-state index >= 15 is 0 Å². The van der Waals surface area contributed by atoms with Crippen molar-refractivity contribution in [1.29, 1.82) is 0 Å². The van der Waals surface area contributed by atoms with Crippen molar-refractivity contribution in [2.75, 3.05) is 18.0 Å². The first-order valence-corrected chi connectivity index (χ1v) is 10.4. The van der Waals surface area contributed by atoms with Crippen LogP contribution in [0.3, 0.4) is 0 Å². The quantitative estimate of drug-likeness (QED) is 0.829. The number of hydrogen-bond acceptors (Lipinski definition) is 4. The van der Waals surface area contributed by atoms with Gasteiger partial charge in [-0.05, 0) is 50.7 Å². The Morgan fingerprint density at radius 3 is 2.28 bits per heavy atom. The lowest BCUT2D eigenvalue weighted by Crippen LogP contribution is -2.49. The Labute approximate surface area is 168 Å². The summed E-state index contributed by atoms with van der Waals surface area (Å²) < 4.78 is 38.0. The lowest BCUT2D eigenvalue weighted by molar-refractivity contribution is -0.139. The van der Waals surface area contributed by atoms with Gasteiger partial charge in [0.05, 0.1) is 5.56 Å². The van der Waals surface area contributed by atoms with Crippen LogP contribution in [0.2, 0.25) is 0 Å². The number of anilines is 1. The van der Waals surface area contributed by atoms with E-state index in [0.717, 1.165) is 44.4 Å². The minimum absolute atomic E-state index is 0.0560. The molecule has 1 unspecified atom stereocenters. The second kappa shape index (κ2) is 7.95. The van der Waals surface area contributed by atoms with E-state index in [1.807, 2.05) is 4.90 Å². The predicted octanol–water partition coefficient (Wildman–Crippen LogP) is 3.58. The van der Waals surface area contributed by atoms with Crippen LogP contribution in [0, 0.1) is 17.8 Å². The maximum atomic E-state index is 12.7. The van der Waals surface area contributed by atoms with E-state index in [9.17, 15) is 22.8 Å². The number of aromatic nitrogens is 1. The Morgan fingerprint density at radius 2 is 1.72 bits per heavy atom. The zero-order valence-corrected chi connectivity index (χ0v) is 16.3. The number of ketones is 1. The number of hydrogen-bond donors (Lipinski definition) is 1. The number of carbonyl (C=O) groups excluding carboxylic acids is 2. The summed E-state index contributed by atoms with van der Waals surface area (Å²) in [6, 6.07) is 2.52. The first-order valence-electron chi connectivity index (χ1n) is 10.4. The Hall–Kier alpha value is -2.12. The van der Waals surface area contributed by atoms with Gasteiger partial charge in [-0.2, -0.15) is 13.2 Å². The van der Waals surface area contributed by atoms with Crippen molar-refractivity contribution in [2.24, 2.45) is 17.8 Å². The Kier molecular flexibility index (Phi) is 5.53. The number of halogens is 3. The van der Waals surface area contributed by atoms with Gasteiger partial charge in [0.15, 0.2) is 0 Å². The molecule has 29 heavy (non-hydrogen) atoms. The lowest BCUT2D eigenvalue weighted by Gasteiger charge is -2.38. The number of nitrogens with zero attached hydrogens (tertiary/aromatic N) is 2. The summed E-state index contributed by atoms with van der Waals surface area (Å²) in [5, 5.41) is 3.15. The lowest BCUT2D eigenvalue weighted by atomic mass is 9.67. The predicted molar refractivity (Wildman–Crippen MR) is 101 cm³/mol. The molecule has 0 radical (unpaired) electrons. The van der Waals surface area contributed by atoms with Crippen molar-refractivity contribution in [3.8, 4) is 0 Å². The zero-order valence-electron chi connectivity index (χ0n) is 16.3. The summed E-state index contributed by atoms with van der Waals surface area (Å²) in [6.45, 7) is 1.27. The van der Waals surface area contributed by atoms with E-state index in [1.165, 1.54) is 6.07 Å². The van der Waals surface area contributed by atoms with E-state index in [2.05, 4.69) is 10.3 Å². The molecule has 158 valence electrons. The van der Waals surface area contributed by atoms with Crippen molar-refractivity contribution in [1.82, 2.24) is 10.3 Å². The SMILES string of the molecule is O=C(NC1CCN(c2ccc(C(F)(F)F)cn2)CC1)C1C[C@H]2CCC[C@@H](C1)C2=O. The van der Waals surface area contributed by atoms with Crippen LogP contribution in [0.5, 0.6) is 0 Å². The van der Waals surface area contributed by atoms with Crippen LogP contribution in [0.4, 0.5) is 19.0 Å². The molecule has 8 heteroatoms. The second-order valence-electron chi connectivity index (χ2n) is 8.57. The van der Waals surface area contributed by atoms with E-state index in [0.29, 0.717) is 37.5 Å². The van der Waals surface area contributed by atoms with Gasteiger partial charge < -0.3 is 10.2 Å². The van der Waals surface area contributed by atoms with Crippen LogP contribution in [0.25, 0.3) is 0 Å². The molecule has 3 aliphatic rings. The molecule has 2 heterocycles. The molecule has 0 spiro atoms. The third kappa shape index (κ3) is 4.41. The van der Waals surface area contributed by atoms with Crippen molar-refractivity contribution in [3.63, 3.8) is 0 Å². The number of alkyl halides is 3. The van der Waals surface area contributed by atoms with Gasteiger partial charge in [-0.1, -0.05) is 6.42 Å². The van der Waals surface area contributed by atoms with E-state index < -0.39 is 11.7 Å². The van der Waals surface area contributed by atoms with Gasteiger partial charge in [0.2, 0.25) is 5.91 Å². The number of carbonyl (C=O) groups is 2. The molecule has 1 aromatic rings. The minimum Gasteiger partial charge on any atom is -0.356 e. The minimum atomic E-state index is -4.38. The van der Waals surface area contributed by atoms with Crippen molar-refractivity contribution in [3.05, 3.63) is 23.9 Å². The summed E-state index contributed by atoms with van der Waals surface area (Å²) in [5.74, 6) is 0.994. The Morgan fingerprint density at radius 1 is 1.07 bits per heavy atom. The van der Waals surface area contributed by atoms with Gasteiger partial charge >= 0.3 is 6.18 Å². The van der Waals surface area contributed by atoms with Crippen molar-refractivity contribution >= 4 is 17.5 Å². The molecule has 2 saturated carbocycles. The average Bonchev–Trinajstić information content (AvgIpc) is 2.68. The number of fused-ring (bicyclic) bond motifs is 2. The molecule has 1 aromatic heterocycles. The topological polar surface area (TPSA) is 62.3 Å². The molecule has 0 aromatic carbocycles. The monoisotopic (exact) mass is 409 g/mol. The average molecular weight is 409 g/mol. The zero-order chi connectivity index (χ0) is 20.6. The molecule has 1 aliphatic heterocycles. The van der Waals surface area contributed by atoms with Crippen LogP contribution in [0.1, 0.15) is 50.5 Å². The van der Waals surface area contributed by atoms with Gasteiger partial charge in [-0.25, -0.2) is 4.98 Å². The fraction of sp³-hybridized carbons (Fsp3) is 0.667. The molecule has 1 saturated heterocycles. The number of rotatable bonds is 3. The van der Waals surface area contributed by atoms with Gasteiger partial charge in [-0.15, -0.1) is 0 Å². The number of Topliss-reactive ketones (excluding diaryl/α,β-unsaturated/α-hetero) is 1. The maximum absolute atomic E-state index is 12.7. The first kappa shape index (κ1) is 20.2. The van der Waals surface area contributed by atoms with E-state index in [-0.39, 0.29) is 29.7 Å². The molecule has 1 amide bonds. The highest BCUT2D eigenvalue weighted by molar-refractivity contribution is 5.88. The molecule has 5 nitrogen and oxygen atoms in total. The third-order valence-corrected chi connectivity index (χ3v) is 6.66. The summed E-state index contributed by atoms with van der Waals surface area (Å²) in [5.41, 5.74) is -0.751. The summed E-state index contributed by atoms with van der Waals surface area (Å²) in [6.07, 6.45) is 2.21. The highest BCUT2D eigenvalue weighted by Gasteiger charge is 2.41. The number of nitrogens with one attached hydrogen (secondary N) is 1. The Balaban J connectivity index is 1.28. The van der Waals surface area contributed by atoms with Gasteiger partial charge in [-0.3, -0.25) is 9.59 Å². The fourth-order valence-electron chi connectivity index (χ4n) is 5.01. The van der Waals surface area contributed by atoms with Crippen LogP contribution >= 0.6 is 0 Å². The van der Waals surface area contributed by atoms with E-state index in [4.69, 9.17) is 0 Å². The highest BCUT2D eigenvalue weighted by Crippen LogP contribution is 2.40. The van der Waals surface area contributed by atoms with Gasteiger partial charge in [0.25, 0.3) is 0 Å². The number of piperidine rings is 1. The molecule has 4 rings (SSSR count). The smallest absolute Gasteiger partial charge is 0.356 e. The molecule has 2 aliphatic carbocycles. The standard InChI is InChI=1S/C21H26F3N3O2/c22-21(23,24)16-4-5-18(25-12-16)27-8-6-17(7-9-27)26-20(29)15-10-13-2-1-3-14(11-15)19(13)28/h4-5,12-15,17H,1-3,6-11H2,(H,26,29)/t13-,14+,15?. The largest absolute Gasteiger partial charge is 0.417 e. The normalized spacial score (nSPS) is 28.3. The highest BCUT2D eigenvalue weighted by atomic mass is 19.4. The first-order chi connectivity index (χ1) is 13.8. The van der Waals surface area contributed by atoms with Crippen LogP contribution in [0.15, 0.2) is 18.3 Å². The molecule has 3 fully saturated rings. The van der Waals surface area contributed by atoms with Crippen LogP contribution in [-0.4, -0.2) is 35.8 Å². The van der Waals surface area contributed by atoms with Crippen molar-refractivity contribution in [2.45, 2.75) is 57.2 Å². The molecular formula is C21H26F3N3O2. The fourth-order valence-corrected chi connectivity index (χ4v) is 5.01. The van der Waals surface area contributed by atoms with Gasteiger partial charge in [0, 0.05) is 43.1 Å². The molecule has 3 atom stereocenters. The summed E-state index contributed by atoms with van der Waals surface area (Å²) in [4.78, 5) is 30.8. The third-order valence-electron chi connectivity index (χ3n) is 6.66. The summed E-state index contributed by atoms with van der Waals surface area (Å²) in [7, 11) is 0. The van der Waals surface area contributed by atoms with E-state index in [1.54, 1.807) is 0 Å². The van der Waals surface area contributed by atoms with Crippen LogP contribution < -0.4 is 10.2 Å². The van der Waals surface area contributed by atoms with Crippen molar-refractivity contribution < 1.29 is 22.8 Å². The summed E-state index contributed by atoms with van der Waals surface area (Å²) >= 11 is 0. The molecule has 2 bridgehead atoms.